The zero-order valence-corrected chi connectivity index (χ0v) is 15.0. The number of carbonyl (C=O) groups excluding carboxylic acids is 2. The van der Waals surface area contributed by atoms with Crippen LogP contribution in [0, 0.1) is 11.8 Å². The minimum Gasteiger partial charge on any atom is -0.461 e. The molecule has 1 heterocycles. The van der Waals surface area contributed by atoms with Crippen molar-refractivity contribution in [2.45, 2.75) is 71.2 Å². The molecule has 0 saturated carbocycles. The molecule has 0 spiro atoms. The molecule has 0 bridgehead atoms. The van der Waals surface area contributed by atoms with Crippen molar-refractivity contribution in [2.75, 3.05) is 0 Å². The normalized spacial score (nSPS) is 34.5. The van der Waals surface area contributed by atoms with Gasteiger partial charge in [0.2, 0.25) is 0 Å². The number of fused-ring (bicyclic) bond motifs is 1. The van der Waals surface area contributed by atoms with Crippen molar-refractivity contribution in [3.63, 3.8) is 0 Å². The number of carbonyl (C=O) groups is 2. The molecule has 1 aliphatic carbocycles. The predicted octanol–water partition coefficient (Wildman–Crippen LogP) is 2.92. The zero-order valence-electron chi connectivity index (χ0n) is 15.0. The first-order chi connectivity index (χ1) is 11.2. The van der Waals surface area contributed by atoms with Crippen LogP contribution in [0.4, 0.5) is 0 Å². The van der Waals surface area contributed by atoms with Gasteiger partial charge in [-0.05, 0) is 39.7 Å². The summed E-state index contributed by atoms with van der Waals surface area (Å²) in [4.78, 5) is 24.2. The summed E-state index contributed by atoms with van der Waals surface area (Å²) in [7, 11) is 0. The van der Waals surface area contributed by atoms with Crippen molar-refractivity contribution in [2.24, 2.45) is 11.8 Å². The number of rotatable bonds is 3. The molecule has 0 radical (unpaired) electrons. The fourth-order valence-corrected chi connectivity index (χ4v) is 3.34. The van der Waals surface area contributed by atoms with E-state index in [1.807, 2.05) is 26.0 Å². The molecule has 0 unspecified atom stereocenters. The standard InChI is InChI=1S/C19H28O5/c1-12-8-6-5-7-9-14-17(13(2)18(21)24-14)15(10-12)23-16(20)11-19(3,4)22/h7-9,13-15,17,22H,5-6,10-11H2,1-4H3/b9-7+,12-8+/t13-,14+,15+,17-/m0/s1. The molecule has 5 nitrogen and oxygen atoms in total. The molecule has 0 aromatic carbocycles. The van der Waals surface area contributed by atoms with Crippen LogP contribution in [0.25, 0.3) is 0 Å². The smallest absolute Gasteiger partial charge is 0.309 e. The van der Waals surface area contributed by atoms with Crippen LogP contribution in [-0.2, 0) is 19.1 Å². The summed E-state index contributed by atoms with van der Waals surface area (Å²) in [6.45, 7) is 6.98. The molecule has 1 N–H and O–H groups in total. The van der Waals surface area contributed by atoms with Gasteiger partial charge in [0.25, 0.3) is 0 Å². The topological polar surface area (TPSA) is 72.8 Å². The average molecular weight is 336 g/mol. The van der Waals surface area contributed by atoms with Crippen molar-refractivity contribution in [3.8, 4) is 0 Å². The van der Waals surface area contributed by atoms with E-state index in [1.54, 1.807) is 13.8 Å². The Morgan fingerprint density at radius 2 is 2.12 bits per heavy atom. The van der Waals surface area contributed by atoms with Gasteiger partial charge < -0.3 is 14.6 Å². The Hall–Kier alpha value is -1.62. The number of hydrogen-bond acceptors (Lipinski definition) is 5. The molecular formula is C19H28O5. The molecule has 4 atom stereocenters. The molecule has 134 valence electrons. The highest BCUT2D eigenvalue weighted by Crippen LogP contribution is 2.36. The van der Waals surface area contributed by atoms with E-state index in [1.165, 1.54) is 0 Å². The highest BCUT2D eigenvalue weighted by atomic mass is 16.6. The van der Waals surface area contributed by atoms with E-state index >= 15 is 0 Å². The quantitative estimate of drug-likeness (QED) is 0.634. The molecule has 2 rings (SSSR count). The maximum atomic E-state index is 12.2. The van der Waals surface area contributed by atoms with Crippen LogP contribution in [0.3, 0.4) is 0 Å². The number of ether oxygens (including phenoxy) is 2. The Balaban J connectivity index is 2.24. The maximum absolute atomic E-state index is 12.2. The number of allylic oxidation sites excluding steroid dienone is 2. The Kier molecular flexibility index (Phi) is 5.86. The van der Waals surface area contributed by atoms with E-state index in [9.17, 15) is 14.7 Å². The van der Waals surface area contributed by atoms with Gasteiger partial charge in [-0.25, -0.2) is 0 Å². The highest BCUT2D eigenvalue weighted by molar-refractivity contribution is 5.76. The molecule has 0 aromatic rings. The number of esters is 2. The first-order valence-corrected chi connectivity index (χ1v) is 8.62. The SMILES string of the molecule is C/C1=C\CC/C=C/[C@H]2OC(=O)[C@@H](C)[C@@H]2[C@H](OC(=O)CC(C)(C)O)C1. The summed E-state index contributed by atoms with van der Waals surface area (Å²) in [5.41, 5.74) is 0.0156. The first-order valence-electron chi connectivity index (χ1n) is 8.62. The first kappa shape index (κ1) is 18.7. The molecule has 2 aliphatic rings. The van der Waals surface area contributed by atoms with Gasteiger partial charge in [-0.3, -0.25) is 9.59 Å². The molecule has 1 saturated heterocycles. The minimum atomic E-state index is -1.12. The Bertz CT molecular complexity index is 540. The van der Waals surface area contributed by atoms with Gasteiger partial charge in [-0.15, -0.1) is 0 Å². The van der Waals surface area contributed by atoms with Crippen molar-refractivity contribution >= 4 is 11.9 Å². The third-order valence-corrected chi connectivity index (χ3v) is 4.54. The second-order valence-corrected chi connectivity index (χ2v) is 7.55. The average Bonchev–Trinajstić information content (AvgIpc) is 2.70. The zero-order chi connectivity index (χ0) is 17.9. The van der Waals surface area contributed by atoms with E-state index < -0.39 is 17.7 Å². The molecule has 0 amide bonds. The molecule has 24 heavy (non-hydrogen) atoms. The Morgan fingerprint density at radius 3 is 2.79 bits per heavy atom. The van der Waals surface area contributed by atoms with Gasteiger partial charge in [0.15, 0.2) is 0 Å². The van der Waals surface area contributed by atoms with Crippen LogP contribution >= 0.6 is 0 Å². The molecule has 0 aromatic heterocycles. The summed E-state index contributed by atoms with van der Waals surface area (Å²) >= 11 is 0. The minimum absolute atomic E-state index is 0.0807. The van der Waals surface area contributed by atoms with Gasteiger partial charge in [0, 0.05) is 6.42 Å². The van der Waals surface area contributed by atoms with Crippen molar-refractivity contribution < 1.29 is 24.2 Å². The van der Waals surface area contributed by atoms with Crippen LogP contribution in [0.5, 0.6) is 0 Å². The van der Waals surface area contributed by atoms with E-state index in [4.69, 9.17) is 9.47 Å². The molecule has 1 fully saturated rings. The van der Waals surface area contributed by atoms with Gasteiger partial charge in [-0.1, -0.05) is 24.6 Å². The third kappa shape index (κ3) is 4.94. The highest BCUT2D eigenvalue weighted by Gasteiger charge is 2.46. The van der Waals surface area contributed by atoms with Crippen molar-refractivity contribution in [1.82, 2.24) is 0 Å². The lowest BCUT2D eigenvalue weighted by atomic mass is 9.83. The maximum Gasteiger partial charge on any atom is 0.309 e. The predicted molar refractivity (Wildman–Crippen MR) is 90.1 cm³/mol. The summed E-state index contributed by atoms with van der Waals surface area (Å²) in [5, 5.41) is 9.83. The molecule has 5 heteroatoms. The van der Waals surface area contributed by atoms with E-state index in [0.29, 0.717) is 6.42 Å². The monoisotopic (exact) mass is 336 g/mol. The lowest BCUT2D eigenvalue weighted by Gasteiger charge is -2.29. The van der Waals surface area contributed by atoms with E-state index in [0.717, 1.165) is 18.4 Å². The van der Waals surface area contributed by atoms with Gasteiger partial charge in [0.05, 0.1) is 23.9 Å². The van der Waals surface area contributed by atoms with Crippen molar-refractivity contribution in [1.29, 1.82) is 0 Å². The fourth-order valence-electron chi connectivity index (χ4n) is 3.34. The summed E-state index contributed by atoms with van der Waals surface area (Å²) < 4.78 is 11.2. The fraction of sp³-hybridized carbons (Fsp3) is 0.684. The summed E-state index contributed by atoms with van der Waals surface area (Å²) in [6.07, 6.45) is 7.58. The van der Waals surface area contributed by atoms with Crippen LogP contribution < -0.4 is 0 Å². The Labute approximate surface area is 143 Å². The molecular weight excluding hydrogens is 308 g/mol. The van der Waals surface area contributed by atoms with Crippen LogP contribution in [0.1, 0.15) is 53.4 Å². The van der Waals surface area contributed by atoms with Gasteiger partial charge >= 0.3 is 11.9 Å². The lowest BCUT2D eigenvalue weighted by Crippen LogP contribution is -2.37. The third-order valence-electron chi connectivity index (χ3n) is 4.54. The summed E-state index contributed by atoms with van der Waals surface area (Å²) in [6, 6.07) is 0. The van der Waals surface area contributed by atoms with Gasteiger partial charge in [-0.2, -0.15) is 0 Å². The van der Waals surface area contributed by atoms with E-state index in [2.05, 4.69) is 6.08 Å². The second-order valence-electron chi connectivity index (χ2n) is 7.55. The Morgan fingerprint density at radius 1 is 1.42 bits per heavy atom. The van der Waals surface area contributed by atoms with Crippen molar-refractivity contribution in [3.05, 3.63) is 23.8 Å². The van der Waals surface area contributed by atoms with E-state index in [-0.39, 0.29) is 30.3 Å². The van der Waals surface area contributed by atoms with Crippen LogP contribution in [0.2, 0.25) is 0 Å². The second kappa shape index (κ2) is 7.51. The number of aliphatic hydroxyl groups is 1. The lowest BCUT2D eigenvalue weighted by molar-refractivity contribution is -0.157. The van der Waals surface area contributed by atoms with Crippen LogP contribution in [-0.4, -0.2) is 34.9 Å². The summed E-state index contributed by atoms with van der Waals surface area (Å²) in [5.74, 6) is -1.24. The van der Waals surface area contributed by atoms with Gasteiger partial charge in [0.1, 0.15) is 12.2 Å². The number of hydrogen-bond donors (Lipinski definition) is 1. The van der Waals surface area contributed by atoms with Crippen LogP contribution in [0.15, 0.2) is 23.8 Å². The largest absolute Gasteiger partial charge is 0.461 e. The molecule has 1 aliphatic heterocycles.